The van der Waals surface area contributed by atoms with Crippen molar-refractivity contribution in [2.45, 2.75) is 26.7 Å². The van der Waals surface area contributed by atoms with E-state index in [1.807, 2.05) is 0 Å². The quantitative estimate of drug-likeness (QED) is 0.255. The number of hydrogen-bond donors (Lipinski definition) is 0. The fraction of sp³-hybridized carbons (Fsp3) is 0.160. The molecule has 5 aromatic rings. The summed E-state index contributed by atoms with van der Waals surface area (Å²) in [5.74, 6) is 0. The van der Waals surface area contributed by atoms with E-state index in [4.69, 9.17) is 4.98 Å². The van der Waals surface area contributed by atoms with Gasteiger partial charge in [-0.25, -0.2) is 0 Å². The zero-order valence-electron chi connectivity index (χ0n) is 15.2. The van der Waals surface area contributed by atoms with Crippen LogP contribution >= 0.6 is 0 Å². The van der Waals surface area contributed by atoms with Gasteiger partial charge in [-0.15, -0.1) is 0 Å². The molecule has 0 saturated carbocycles. The molecule has 0 fully saturated rings. The molecule has 0 unspecified atom stereocenters. The number of aromatic nitrogens is 1. The van der Waals surface area contributed by atoms with Gasteiger partial charge in [0.1, 0.15) is 0 Å². The lowest BCUT2D eigenvalue weighted by molar-refractivity contribution is 1.08. The summed E-state index contributed by atoms with van der Waals surface area (Å²) in [5, 5.41) is 9.03. The third-order valence-electron chi connectivity index (χ3n) is 5.53. The van der Waals surface area contributed by atoms with Gasteiger partial charge in [0.2, 0.25) is 0 Å². The molecule has 0 aliphatic rings. The molecule has 5 rings (SSSR count). The van der Waals surface area contributed by atoms with Gasteiger partial charge in [0.05, 0.1) is 5.52 Å². The van der Waals surface area contributed by atoms with E-state index in [-0.39, 0.29) is 0 Å². The lowest BCUT2D eigenvalue weighted by Crippen LogP contribution is -1.94. The molecule has 0 bridgehead atoms. The first kappa shape index (κ1) is 15.3. The highest BCUT2D eigenvalue weighted by atomic mass is 14.7. The Balaban J connectivity index is 1.98. The average Bonchev–Trinajstić information content (AvgIpc) is 2.70. The second kappa shape index (κ2) is 5.81. The summed E-state index contributed by atoms with van der Waals surface area (Å²) in [6.07, 6.45) is 2.00. The maximum Gasteiger partial charge on any atom is 0.0718 e. The van der Waals surface area contributed by atoms with E-state index in [2.05, 4.69) is 80.6 Å². The Morgan fingerprint density at radius 1 is 0.654 bits per heavy atom. The topological polar surface area (TPSA) is 12.9 Å². The Morgan fingerprint density at radius 2 is 1.42 bits per heavy atom. The first-order valence-corrected chi connectivity index (χ1v) is 9.45. The van der Waals surface area contributed by atoms with Crippen LogP contribution in [0.5, 0.6) is 0 Å². The lowest BCUT2D eigenvalue weighted by Gasteiger charge is -2.13. The lowest BCUT2D eigenvalue weighted by atomic mass is 9.94. The van der Waals surface area contributed by atoms with Gasteiger partial charge in [-0.05, 0) is 57.5 Å². The van der Waals surface area contributed by atoms with Gasteiger partial charge in [-0.1, -0.05) is 68.4 Å². The van der Waals surface area contributed by atoms with Crippen molar-refractivity contribution in [2.24, 2.45) is 0 Å². The van der Waals surface area contributed by atoms with Gasteiger partial charge in [0, 0.05) is 16.5 Å². The largest absolute Gasteiger partial charge is 0.252 e. The maximum atomic E-state index is 5.06. The number of nitrogens with zero attached hydrogens (tertiary/aromatic N) is 1. The Morgan fingerprint density at radius 3 is 2.19 bits per heavy atom. The van der Waals surface area contributed by atoms with E-state index < -0.39 is 0 Å². The van der Waals surface area contributed by atoms with Gasteiger partial charge < -0.3 is 0 Å². The third kappa shape index (κ3) is 2.20. The first-order chi connectivity index (χ1) is 12.8. The van der Waals surface area contributed by atoms with Gasteiger partial charge in [0.15, 0.2) is 0 Å². The highest BCUT2D eigenvalue weighted by molar-refractivity contribution is 6.19. The Hall–Kier alpha value is -2.93. The summed E-state index contributed by atoms with van der Waals surface area (Å²) in [6.45, 7) is 4.41. The van der Waals surface area contributed by atoms with Crippen LogP contribution < -0.4 is 0 Å². The molecule has 0 N–H and O–H groups in total. The fourth-order valence-electron chi connectivity index (χ4n) is 4.13. The Labute approximate surface area is 153 Å². The summed E-state index contributed by atoms with van der Waals surface area (Å²) in [4.78, 5) is 5.06. The van der Waals surface area contributed by atoms with Gasteiger partial charge >= 0.3 is 0 Å². The van der Waals surface area contributed by atoms with Crippen molar-refractivity contribution < 1.29 is 0 Å². The monoisotopic (exact) mass is 335 g/mol. The number of rotatable bonds is 2. The zero-order chi connectivity index (χ0) is 17.7. The number of benzene rings is 4. The molecule has 0 aliphatic carbocycles. The molecule has 0 aliphatic heterocycles. The van der Waals surface area contributed by atoms with Crippen LogP contribution in [0.1, 0.15) is 25.1 Å². The minimum atomic E-state index is 0.938. The number of fused-ring (bicyclic) bond motifs is 6. The van der Waals surface area contributed by atoms with E-state index in [0.29, 0.717) is 0 Å². The SMILES string of the molecule is CCc1ccc2c(ccc3c4cc5ccccc5cc4nc(CC)c23)c1. The van der Waals surface area contributed by atoms with Crippen LogP contribution in [0.25, 0.3) is 43.2 Å². The Bertz CT molecular complexity index is 1300. The van der Waals surface area contributed by atoms with E-state index in [9.17, 15) is 0 Å². The van der Waals surface area contributed by atoms with Gasteiger partial charge in [0.25, 0.3) is 0 Å². The van der Waals surface area contributed by atoms with E-state index >= 15 is 0 Å². The summed E-state index contributed by atoms with van der Waals surface area (Å²) < 4.78 is 0. The fourth-order valence-corrected chi connectivity index (χ4v) is 4.13. The van der Waals surface area contributed by atoms with Crippen molar-refractivity contribution in [3.05, 3.63) is 78.0 Å². The van der Waals surface area contributed by atoms with Crippen molar-refractivity contribution >= 4 is 43.2 Å². The first-order valence-electron chi connectivity index (χ1n) is 9.45. The molecule has 1 aromatic heterocycles. The summed E-state index contributed by atoms with van der Waals surface area (Å²) in [5.41, 5.74) is 3.67. The second-order valence-corrected chi connectivity index (χ2v) is 7.03. The molecule has 0 amide bonds. The van der Waals surface area contributed by atoms with E-state index in [1.54, 1.807) is 0 Å². The van der Waals surface area contributed by atoms with Crippen molar-refractivity contribution in [2.75, 3.05) is 0 Å². The molecule has 126 valence electrons. The number of hydrogen-bond acceptors (Lipinski definition) is 1. The van der Waals surface area contributed by atoms with Crippen LogP contribution in [0.15, 0.2) is 66.7 Å². The minimum Gasteiger partial charge on any atom is -0.252 e. The molecule has 0 atom stereocenters. The zero-order valence-corrected chi connectivity index (χ0v) is 15.2. The third-order valence-corrected chi connectivity index (χ3v) is 5.53. The average molecular weight is 335 g/mol. The van der Waals surface area contributed by atoms with Crippen LogP contribution in [-0.2, 0) is 12.8 Å². The minimum absolute atomic E-state index is 0.938. The molecular formula is C25H21N. The van der Waals surface area contributed by atoms with Gasteiger partial charge in [-0.3, -0.25) is 4.98 Å². The second-order valence-electron chi connectivity index (χ2n) is 7.03. The number of aryl methyl sites for hydroxylation is 2. The molecule has 0 saturated heterocycles. The van der Waals surface area contributed by atoms with Crippen molar-refractivity contribution in [1.82, 2.24) is 4.98 Å². The normalized spacial score (nSPS) is 11.8. The Kier molecular flexibility index (Phi) is 3.43. The summed E-state index contributed by atoms with van der Waals surface area (Å²) >= 11 is 0. The molecule has 1 nitrogen and oxygen atoms in total. The predicted octanol–water partition coefficient (Wildman–Crippen LogP) is 6.82. The van der Waals surface area contributed by atoms with E-state index in [1.165, 1.54) is 49.0 Å². The van der Waals surface area contributed by atoms with Crippen molar-refractivity contribution in [3.63, 3.8) is 0 Å². The summed E-state index contributed by atoms with van der Waals surface area (Å²) in [6, 6.07) is 24.5. The molecule has 0 radical (unpaired) electrons. The highest BCUT2D eigenvalue weighted by Gasteiger charge is 2.12. The van der Waals surface area contributed by atoms with Crippen molar-refractivity contribution in [1.29, 1.82) is 0 Å². The molecule has 4 aromatic carbocycles. The number of pyridine rings is 1. The molecule has 0 spiro atoms. The van der Waals surface area contributed by atoms with Crippen LogP contribution in [0.4, 0.5) is 0 Å². The smallest absolute Gasteiger partial charge is 0.0718 e. The van der Waals surface area contributed by atoms with Crippen LogP contribution in [0, 0.1) is 0 Å². The standard InChI is InChI=1S/C25H21N/c1-3-16-9-11-20-19(13-16)10-12-21-22-14-17-7-5-6-8-18(17)15-24(22)26-23(4-2)25(20)21/h5-15H,3-4H2,1-2H3. The molecule has 1 heteroatoms. The van der Waals surface area contributed by atoms with Crippen LogP contribution in [0.3, 0.4) is 0 Å². The molecule has 26 heavy (non-hydrogen) atoms. The van der Waals surface area contributed by atoms with Crippen molar-refractivity contribution in [3.8, 4) is 0 Å². The molecule has 1 heterocycles. The van der Waals surface area contributed by atoms with E-state index in [0.717, 1.165) is 18.4 Å². The van der Waals surface area contributed by atoms with Crippen LogP contribution in [0.2, 0.25) is 0 Å². The highest BCUT2D eigenvalue weighted by Crippen LogP contribution is 2.35. The van der Waals surface area contributed by atoms with Crippen LogP contribution in [-0.4, -0.2) is 4.98 Å². The molecular weight excluding hydrogens is 314 g/mol. The van der Waals surface area contributed by atoms with Gasteiger partial charge in [-0.2, -0.15) is 0 Å². The predicted molar refractivity (Wildman–Crippen MR) is 113 cm³/mol. The maximum absolute atomic E-state index is 5.06. The summed E-state index contributed by atoms with van der Waals surface area (Å²) in [7, 11) is 0.